The van der Waals surface area contributed by atoms with Gasteiger partial charge in [0.1, 0.15) is 0 Å². The third-order valence-electron chi connectivity index (χ3n) is 5.01. The number of hydrogen-bond acceptors (Lipinski definition) is 4. The minimum Gasteiger partial charge on any atom is -0.390 e. The van der Waals surface area contributed by atoms with Gasteiger partial charge in [0.2, 0.25) is 0 Å². The highest BCUT2D eigenvalue weighted by atomic mass is 19.3. The molecule has 0 aliphatic heterocycles. The molecule has 0 spiro atoms. The van der Waals surface area contributed by atoms with E-state index in [1.54, 1.807) is 0 Å². The smallest absolute Gasteiger partial charge is 0.384 e. The zero-order valence-corrected chi connectivity index (χ0v) is 11.3. The third-order valence-corrected chi connectivity index (χ3v) is 5.01. The van der Waals surface area contributed by atoms with Crippen LogP contribution in [0.3, 0.4) is 0 Å². The van der Waals surface area contributed by atoms with Crippen molar-refractivity contribution in [3.8, 4) is 0 Å². The number of carbonyl (C=O) groups excluding carboxylic acids is 2. The molecule has 0 heterocycles. The summed E-state index contributed by atoms with van der Waals surface area (Å²) < 4.78 is 30.1. The van der Waals surface area contributed by atoms with E-state index in [2.05, 4.69) is 4.74 Å². The van der Waals surface area contributed by atoms with Crippen molar-refractivity contribution in [2.24, 2.45) is 17.3 Å². The largest absolute Gasteiger partial charge is 0.390 e. The number of halogens is 2. The van der Waals surface area contributed by atoms with Gasteiger partial charge in [-0.2, -0.15) is 8.78 Å². The van der Waals surface area contributed by atoms with Crippen LogP contribution in [0.5, 0.6) is 0 Å². The van der Waals surface area contributed by atoms with Crippen molar-refractivity contribution in [2.45, 2.75) is 57.0 Å². The van der Waals surface area contributed by atoms with E-state index in [0.29, 0.717) is 32.6 Å². The summed E-state index contributed by atoms with van der Waals surface area (Å²) in [5.41, 5.74) is -1.83. The van der Waals surface area contributed by atoms with Crippen molar-refractivity contribution < 1.29 is 28.2 Å². The third kappa shape index (κ3) is 2.14. The van der Waals surface area contributed by atoms with Crippen molar-refractivity contribution in [3.05, 3.63) is 0 Å². The highest BCUT2D eigenvalue weighted by Gasteiger charge is 2.61. The molecule has 0 amide bonds. The molecule has 4 rings (SSSR count). The molecule has 0 saturated heterocycles. The van der Waals surface area contributed by atoms with Gasteiger partial charge in [-0.15, -0.1) is 0 Å². The van der Waals surface area contributed by atoms with Crippen LogP contribution < -0.4 is 0 Å². The van der Waals surface area contributed by atoms with E-state index in [0.717, 1.165) is 6.42 Å². The highest BCUT2D eigenvalue weighted by Crippen LogP contribution is 2.62. The maximum Gasteiger partial charge on any atom is 0.384 e. The highest BCUT2D eigenvalue weighted by molar-refractivity contribution is 5.92. The number of ether oxygens (including phenoxy) is 1. The Bertz CT molecular complexity index is 454. The first-order valence-corrected chi connectivity index (χ1v) is 6.99. The van der Waals surface area contributed by atoms with Crippen LogP contribution in [0, 0.1) is 17.3 Å². The van der Waals surface area contributed by atoms with E-state index < -0.39 is 28.9 Å². The molecule has 4 aliphatic rings. The zero-order valence-electron chi connectivity index (χ0n) is 11.3. The van der Waals surface area contributed by atoms with Crippen LogP contribution in [-0.2, 0) is 14.3 Å². The molecule has 0 aromatic rings. The summed E-state index contributed by atoms with van der Waals surface area (Å²) in [6.07, 6.45) is 3.59. The average Bonchev–Trinajstić information content (AvgIpc) is 2.23. The predicted octanol–water partition coefficient (Wildman–Crippen LogP) is 2.04. The monoisotopic (exact) mass is 288 g/mol. The second-order valence-corrected chi connectivity index (χ2v) is 7.03. The molecule has 2 unspecified atom stereocenters. The Labute approximate surface area is 115 Å². The fourth-order valence-electron chi connectivity index (χ4n) is 4.74. The fraction of sp³-hybridized carbons (Fsp3) is 0.857. The second kappa shape index (κ2) is 4.00. The van der Waals surface area contributed by atoms with E-state index in [1.165, 1.54) is 0 Å². The number of carbonyl (C=O) groups is 2. The normalized spacial score (nSPS) is 42.6. The van der Waals surface area contributed by atoms with E-state index in [9.17, 15) is 23.5 Å². The summed E-state index contributed by atoms with van der Waals surface area (Å²) >= 11 is 0. The molecule has 0 aromatic heterocycles. The number of hydrogen-bond donors (Lipinski definition) is 1. The summed E-state index contributed by atoms with van der Waals surface area (Å²) in [4.78, 5) is 23.4. The first-order chi connectivity index (χ1) is 9.12. The number of esters is 2. The lowest BCUT2D eigenvalue weighted by molar-refractivity contribution is -0.204. The molecule has 4 nitrogen and oxygen atoms in total. The molecule has 2 atom stereocenters. The first-order valence-electron chi connectivity index (χ1n) is 6.99. The van der Waals surface area contributed by atoms with Crippen LogP contribution in [0.15, 0.2) is 0 Å². The lowest BCUT2D eigenvalue weighted by Crippen LogP contribution is -2.59. The fourth-order valence-corrected chi connectivity index (χ4v) is 4.74. The van der Waals surface area contributed by atoms with Crippen molar-refractivity contribution in [2.75, 3.05) is 0 Å². The van der Waals surface area contributed by atoms with Gasteiger partial charge in [-0.05, 0) is 50.4 Å². The Morgan fingerprint density at radius 1 is 1.20 bits per heavy atom. The number of aliphatic hydroxyl groups is 1. The Morgan fingerprint density at radius 2 is 1.75 bits per heavy atom. The molecule has 20 heavy (non-hydrogen) atoms. The van der Waals surface area contributed by atoms with Crippen molar-refractivity contribution in [1.29, 1.82) is 0 Å². The molecule has 4 fully saturated rings. The lowest BCUT2D eigenvalue weighted by atomic mass is 9.48. The molecular formula is C14H18F2O4. The van der Waals surface area contributed by atoms with Crippen molar-refractivity contribution in [1.82, 2.24) is 0 Å². The summed E-state index contributed by atoms with van der Waals surface area (Å²) in [6.45, 7) is 0.413. The lowest BCUT2D eigenvalue weighted by Gasteiger charge is -2.58. The van der Waals surface area contributed by atoms with E-state index in [1.807, 2.05) is 0 Å². The topological polar surface area (TPSA) is 63.6 Å². The maximum absolute atomic E-state index is 12.8. The minimum atomic E-state index is -3.67. The van der Waals surface area contributed by atoms with Gasteiger partial charge >= 0.3 is 17.9 Å². The van der Waals surface area contributed by atoms with Gasteiger partial charge in [0.05, 0.1) is 11.0 Å². The summed E-state index contributed by atoms with van der Waals surface area (Å²) in [5, 5.41) is 10.5. The molecule has 1 N–H and O–H groups in total. The second-order valence-electron chi connectivity index (χ2n) is 7.03. The number of alkyl halides is 2. The predicted molar refractivity (Wildman–Crippen MR) is 63.8 cm³/mol. The van der Waals surface area contributed by atoms with Gasteiger partial charge in [-0.1, -0.05) is 0 Å². The van der Waals surface area contributed by atoms with E-state index in [4.69, 9.17) is 0 Å². The Hall–Kier alpha value is -1.04. The van der Waals surface area contributed by atoms with Gasteiger partial charge in [-0.25, -0.2) is 4.79 Å². The Morgan fingerprint density at radius 3 is 2.20 bits per heavy atom. The van der Waals surface area contributed by atoms with Gasteiger partial charge in [0.15, 0.2) is 0 Å². The van der Waals surface area contributed by atoms with Gasteiger partial charge in [0.25, 0.3) is 0 Å². The van der Waals surface area contributed by atoms with Crippen LogP contribution in [0.4, 0.5) is 8.78 Å². The van der Waals surface area contributed by atoms with Crippen LogP contribution in [0.25, 0.3) is 0 Å². The van der Waals surface area contributed by atoms with E-state index in [-0.39, 0.29) is 18.3 Å². The molecule has 0 radical (unpaired) electrons. The first kappa shape index (κ1) is 13.9. The summed E-state index contributed by atoms with van der Waals surface area (Å²) in [5.74, 6) is -5.90. The van der Waals surface area contributed by atoms with Gasteiger partial charge < -0.3 is 9.84 Å². The maximum atomic E-state index is 12.8. The van der Waals surface area contributed by atoms with Gasteiger partial charge in [0, 0.05) is 6.92 Å². The average molecular weight is 288 g/mol. The van der Waals surface area contributed by atoms with Crippen LogP contribution in [-0.4, -0.2) is 28.6 Å². The summed E-state index contributed by atoms with van der Waals surface area (Å²) in [6, 6.07) is 0. The molecule has 4 saturated carbocycles. The minimum absolute atomic E-state index is 0.228. The van der Waals surface area contributed by atoms with Crippen molar-refractivity contribution >= 4 is 11.9 Å². The SMILES string of the molecule is CC(F)(F)C(=O)OC(=O)C12CC3CC(CC(O)(C3)C1)C2. The molecule has 0 aromatic carbocycles. The molecule has 4 bridgehead atoms. The molecule has 6 heteroatoms. The Kier molecular flexibility index (Phi) is 2.78. The Balaban J connectivity index is 1.79. The molecular weight excluding hydrogens is 270 g/mol. The quantitative estimate of drug-likeness (QED) is 0.624. The molecule has 112 valence electrons. The van der Waals surface area contributed by atoms with Crippen LogP contribution >= 0.6 is 0 Å². The number of rotatable bonds is 2. The standard InChI is InChI=1S/C14H18F2O4/c1-12(15,16)10(17)20-11(18)13-3-8-2-9(4-13)6-14(19,5-8)7-13/h8-9,19H,2-7H2,1H3. The van der Waals surface area contributed by atoms with E-state index >= 15 is 0 Å². The van der Waals surface area contributed by atoms with Crippen LogP contribution in [0.2, 0.25) is 0 Å². The van der Waals surface area contributed by atoms with Crippen molar-refractivity contribution in [3.63, 3.8) is 0 Å². The zero-order chi connectivity index (χ0) is 14.8. The van der Waals surface area contributed by atoms with Gasteiger partial charge in [-0.3, -0.25) is 4.79 Å². The summed E-state index contributed by atoms with van der Waals surface area (Å²) in [7, 11) is 0. The molecule has 4 aliphatic carbocycles. The van der Waals surface area contributed by atoms with Crippen LogP contribution in [0.1, 0.15) is 45.4 Å².